The Kier molecular flexibility index (Phi) is 14.0. The molecule has 0 heterocycles. The average Bonchev–Trinajstić information content (AvgIpc) is 2.42. The van der Waals surface area contributed by atoms with Gasteiger partial charge >= 0.3 is 0 Å². The maximum absolute atomic E-state index is 11.5. The lowest BCUT2D eigenvalue weighted by Crippen LogP contribution is -2.02. The van der Waals surface area contributed by atoms with Crippen molar-refractivity contribution in [3.8, 4) is 0 Å². The highest BCUT2D eigenvalue weighted by Crippen LogP contribution is 2.12. The summed E-state index contributed by atoms with van der Waals surface area (Å²) in [5, 5.41) is 0. The van der Waals surface area contributed by atoms with Crippen LogP contribution >= 0.6 is 0 Å². The minimum atomic E-state index is 0.259. The quantitative estimate of drug-likeness (QED) is 0.317. The normalized spacial score (nSPS) is 11.2. The van der Waals surface area contributed by atoms with Crippen LogP contribution in [0.15, 0.2) is 12.3 Å². The first-order valence-electron chi connectivity index (χ1n) is 8.54. The molecular weight excluding hydrogens is 246 g/mol. The van der Waals surface area contributed by atoms with Crippen LogP contribution in [0.3, 0.4) is 0 Å². The summed E-state index contributed by atoms with van der Waals surface area (Å²) in [7, 11) is 3.87. The third kappa shape index (κ3) is 15.3. The van der Waals surface area contributed by atoms with Gasteiger partial charge in [0.25, 0.3) is 0 Å². The van der Waals surface area contributed by atoms with Gasteiger partial charge in [-0.3, -0.25) is 4.79 Å². The summed E-state index contributed by atoms with van der Waals surface area (Å²) >= 11 is 0. The van der Waals surface area contributed by atoms with Crippen molar-refractivity contribution < 1.29 is 4.79 Å². The van der Waals surface area contributed by atoms with Crippen LogP contribution in [-0.2, 0) is 4.79 Å². The van der Waals surface area contributed by atoms with Crippen molar-refractivity contribution in [2.45, 2.75) is 84.0 Å². The van der Waals surface area contributed by atoms with E-state index in [1.807, 2.05) is 25.2 Å². The molecule has 20 heavy (non-hydrogen) atoms. The zero-order valence-electron chi connectivity index (χ0n) is 14.0. The van der Waals surface area contributed by atoms with Crippen LogP contribution in [0, 0.1) is 0 Å². The van der Waals surface area contributed by atoms with Crippen molar-refractivity contribution >= 4 is 5.78 Å². The van der Waals surface area contributed by atoms with E-state index >= 15 is 0 Å². The molecule has 2 heteroatoms. The lowest BCUT2D eigenvalue weighted by atomic mass is 10.0. The van der Waals surface area contributed by atoms with Gasteiger partial charge in [-0.2, -0.15) is 0 Å². The number of hydrogen-bond acceptors (Lipinski definition) is 2. The lowest BCUT2D eigenvalue weighted by Gasteiger charge is -2.03. The van der Waals surface area contributed by atoms with E-state index in [4.69, 9.17) is 0 Å². The number of nitrogens with zero attached hydrogens (tertiary/aromatic N) is 1. The molecule has 0 N–H and O–H groups in total. The topological polar surface area (TPSA) is 20.3 Å². The fourth-order valence-corrected chi connectivity index (χ4v) is 2.28. The van der Waals surface area contributed by atoms with Crippen LogP contribution in [0.2, 0.25) is 0 Å². The minimum Gasteiger partial charge on any atom is -0.383 e. The van der Waals surface area contributed by atoms with E-state index in [0.29, 0.717) is 6.42 Å². The first kappa shape index (κ1) is 19.2. The Labute approximate surface area is 126 Å². The molecule has 0 aliphatic carbocycles. The molecule has 0 radical (unpaired) electrons. The molecule has 0 amide bonds. The SMILES string of the molecule is CCCCCCCCCCCCCC(=O)C=CN(C)C. The van der Waals surface area contributed by atoms with Crippen molar-refractivity contribution in [3.05, 3.63) is 12.3 Å². The van der Waals surface area contributed by atoms with E-state index < -0.39 is 0 Å². The molecule has 0 spiro atoms. The maximum Gasteiger partial charge on any atom is 0.157 e. The second-order valence-electron chi connectivity index (χ2n) is 6.03. The van der Waals surface area contributed by atoms with Gasteiger partial charge in [0.15, 0.2) is 5.78 Å². The summed E-state index contributed by atoms with van der Waals surface area (Å²) in [4.78, 5) is 13.4. The number of ketones is 1. The molecule has 0 unspecified atom stereocenters. The molecule has 0 saturated carbocycles. The van der Waals surface area contributed by atoms with E-state index in [0.717, 1.165) is 6.42 Å². The van der Waals surface area contributed by atoms with Crippen molar-refractivity contribution in [1.82, 2.24) is 4.90 Å². The predicted molar refractivity (Wildman–Crippen MR) is 88.9 cm³/mol. The summed E-state index contributed by atoms with van der Waals surface area (Å²) in [6.07, 6.45) is 18.9. The average molecular weight is 281 g/mol. The van der Waals surface area contributed by atoms with Crippen LogP contribution in [0.25, 0.3) is 0 Å². The molecule has 0 aromatic heterocycles. The highest BCUT2D eigenvalue weighted by Gasteiger charge is 1.97. The van der Waals surface area contributed by atoms with E-state index in [-0.39, 0.29) is 5.78 Å². The Balaban J connectivity index is 3.18. The van der Waals surface area contributed by atoms with E-state index in [9.17, 15) is 4.79 Å². The standard InChI is InChI=1S/C18H35NO/c1-4-5-6-7-8-9-10-11-12-13-14-15-18(20)16-17-19(2)3/h16-17H,4-15H2,1-3H3. The number of carbonyl (C=O) groups is 1. The first-order chi connectivity index (χ1) is 9.66. The summed E-state index contributed by atoms with van der Waals surface area (Å²) in [5.41, 5.74) is 0. The van der Waals surface area contributed by atoms with E-state index in [2.05, 4.69) is 6.92 Å². The number of rotatable bonds is 14. The number of carbonyl (C=O) groups excluding carboxylic acids is 1. The van der Waals surface area contributed by atoms with Gasteiger partial charge in [-0.15, -0.1) is 0 Å². The third-order valence-corrected chi connectivity index (χ3v) is 3.59. The molecule has 0 fully saturated rings. The van der Waals surface area contributed by atoms with Gasteiger partial charge in [0, 0.05) is 26.7 Å². The summed E-state index contributed by atoms with van der Waals surface area (Å²) in [6.45, 7) is 2.26. The molecule has 0 bridgehead atoms. The van der Waals surface area contributed by atoms with Crippen molar-refractivity contribution in [3.63, 3.8) is 0 Å². The third-order valence-electron chi connectivity index (χ3n) is 3.59. The van der Waals surface area contributed by atoms with Crippen LogP contribution in [0.1, 0.15) is 84.0 Å². The highest BCUT2D eigenvalue weighted by molar-refractivity contribution is 5.89. The van der Waals surface area contributed by atoms with Crippen molar-refractivity contribution in [1.29, 1.82) is 0 Å². The van der Waals surface area contributed by atoms with Crippen LogP contribution < -0.4 is 0 Å². The lowest BCUT2D eigenvalue weighted by molar-refractivity contribution is -0.114. The van der Waals surface area contributed by atoms with E-state index in [1.165, 1.54) is 64.2 Å². The molecule has 0 aromatic rings. The Hall–Kier alpha value is -0.790. The maximum atomic E-state index is 11.5. The number of allylic oxidation sites excluding steroid dienone is 1. The summed E-state index contributed by atoms with van der Waals surface area (Å²) < 4.78 is 0. The van der Waals surface area contributed by atoms with Gasteiger partial charge in [-0.25, -0.2) is 0 Å². The Morgan fingerprint density at radius 3 is 1.70 bits per heavy atom. The smallest absolute Gasteiger partial charge is 0.157 e. The molecule has 0 rings (SSSR count). The number of unbranched alkanes of at least 4 members (excludes halogenated alkanes) is 10. The van der Waals surface area contributed by atoms with Gasteiger partial charge in [0.2, 0.25) is 0 Å². The zero-order valence-corrected chi connectivity index (χ0v) is 14.0. The molecule has 0 aromatic carbocycles. The summed E-state index contributed by atoms with van der Waals surface area (Å²) in [5.74, 6) is 0.259. The van der Waals surface area contributed by atoms with Crippen molar-refractivity contribution in [2.75, 3.05) is 14.1 Å². The predicted octanol–water partition coefficient (Wildman–Crippen LogP) is 5.33. The van der Waals surface area contributed by atoms with Gasteiger partial charge in [-0.05, 0) is 12.5 Å². The minimum absolute atomic E-state index is 0.259. The Morgan fingerprint density at radius 2 is 1.25 bits per heavy atom. The van der Waals surface area contributed by atoms with Crippen LogP contribution in [0.5, 0.6) is 0 Å². The van der Waals surface area contributed by atoms with Crippen LogP contribution in [0.4, 0.5) is 0 Å². The molecular formula is C18H35NO. The zero-order chi connectivity index (χ0) is 15.1. The van der Waals surface area contributed by atoms with Gasteiger partial charge < -0.3 is 4.90 Å². The second kappa shape index (κ2) is 14.6. The Bertz CT molecular complexity index is 246. The van der Waals surface area contributed by atoms with Gasteiger partial charge in [0.05, 0.1) is 0 Å². The second-order valence-corrected chi connectivity index (χ2v) is 6.03. The molecule has 0 aliphatic heterocycles. The molecule has 0 saturated heterocycles. The van der Waals surface area contributed by atoms with Gasteiger partial charge in [-0.1, -0.05) is 71.1 Å². The Morgan fingerprint density at radius 1 is 0.800 bits per heavy atom. The van der Waals surface area contributed by atoms with Crippen LogP contribution in [-0.4, -0.2) is 24.8 Å². The number of hydrogen-bond donors (Lipinski definition) is 0. The molecule has 0 aliphatic rings. The first-order valence-corrected chi connectivity index (χ1v) is 8.54. The fourth-order valence-electron chi connectivity index (χ4n) is 2.28. The summed E-state index contributed by atoms with van der Waals surface area (Å²) in [6, 6.07) is 0. The largest absolute Gasteiger partial charge is 0.383 e. The highest BCUT2D eigenvalue weighted by atomic mass is 16.1. The fraction of sp³-hybridized carbons (Fsp3) is 0.833. The van der Waals surface area contributed by atoms with Gasteiger partial charge in [0.1, 0.15) is 0 Å². The molecule has 2 nitrogen and oxygen atoms in total. The molecule has 0 atom stereocenters. The monoisotopic (exact) mass is 281 g/mol. The van der Waals surface area contributed by atoms with E-state index in [1.54, 1.807) is 6.08 Å². The molecule has 118 valence electrons. The van der Waals surface area contributed by atoms with Crippen molar-refractivity contribution in [2.24, 2.45) is 0 Å².